The second kappa shape index (κ2) is 14.7. The van der Waals surface area contributed by atoms with Crippen LogP contribution in [0.3, 0.4) is 0 Å². The van der Waals surface area contributed by atoms with Crippen molar-refractivity contribution in [1.82, 2.24) is 9.55 Å². The fourth-order valence-corrected chi connectivity index (χ4v) is 2.10. The van der Waals surface area contributed by atoms with Crippen molar-refractivity contribution in [3.05, 3.63) is 24.0 Å². The summed E-state index contributed by atoms with van der Waals surface area (Å²) < 4.78 is 2.01. The number of aliphatic carboxylic acids is 1. The van der Waals surface area contributed by atoms with Crippen LogP contribution in [-0.4, -0.2) is 27.7 Å². The van der Waals surface area contributed by atoms with E-state index in [9.17, 15) is 4.79 Å². The van der Waals surface area contributed by atoms with Gasteiger partial charge in [-0.05, 0) is 12.5 Å². The molecule has 0 bridgehead atoms. The van der Waals surface area contributed by atoms with Crippen molar-refractivity contribution in [3.8, 4) is 0 Å². The Hall–Kier alpha value is -1.57. The first-order chi connectivity index (χ1) is 11.5. The number of carboxylic acids is 1. The summed E-state index contributed by atoms with van der Waals surface area (Å²) in [6.45, 7) is 8.25. The largest absolute Gasteiger partial charge is 0.481 e. The highest BCUT2D eigenvalue weighted by Crippen LogP contribution is 2.18. The van der Waals surface area contributed by atoms with E-state index in [4.69, 9.17) is 9.94 Å². The molecule has 0 aliphatic rings. The van der Waals surface area contributed by atoms with E-state index >= 15 is 0 Å². The number of imidazole rings is 1. The number of hydrogen-bond acceptors (Lipinski definition) is 3. The van der Waals surface area contributed by atoms with E-state index in [1.54, 1.807) is 12.6 Å². The topological polar surface area (TPSA) is 81.0 Å². The predicted molar refractivity (Wildman–Crippen MR) is 108 cm³/mol. The van der Waals surface area contributed by atoms with Gasteiger partial charge < -0.3 is 9.67 Å². The zero-order valence-corrected chi connectivity index (χ0v) is 17.3. The lowest BCUT2D eigenvalue weighted by Crippen LogP contribution is -2.75. The lowest BCUT2D eigenvalue weighted by molar-refractivity contribution is -0.830. The van der Waals surface area contributed by atoms with Crippen LogP contribution in [0.25, 0.3) is 11.0 Å². The van der Waals surface area contributed by atoms with Gasteiger partial charge in [-0.1, -0.05) is 34.1 Å². The minimum atomic E-state index is -0.768. The second-order valence-corrected chi connectivity index (χ2v) is 5.14. The van der Waals surface area contributed by atoms with Gasteiger partial charge in [-0.25, -0.2) is 9.82 Å². The molecule has 0 fully saturated rings. The average Bonchev–Trinajstić information content (AvgIpc) is 2.86. The number of hydrogen-bond donors (Lipinski definition) is 2. The molecule has 1 aromatic heterocycles. The summed E-state index contributed by atoms with van der Waals surface area (Å²) in [6.07, 6.45) is 2.69. The number of rotatable bonds is 6. The van der Waals surface area contributed by atoms with Crippen molar-refractivity contribution in [1.29, 1.82) is 0 Å². The number of carbonyl (C=O) groups is 1. The van der Waals surface area contributed by atoms with Crippen molar-refractivity contribution < 1.29 is 20.2 Å². The van der Waals surface area contributed by atoms with Crippen LogP contribution in [-0.2, 0) is 23.1 Å². The molecule has 0 radical (unpaired) electrons. The van der Waals surface area contributed by atoms with Gasteiger partial charge in [-0.15, -0.1) is 0 Å². The normalized spacial score (nSPS) is 9.36. The Bertz CT molecular complexity index is 615. The molecule has 6 nitrogen and oxygen atoms in total. The van der Waals surface area contributed by atoms with Gasteiger partial charge >= 0.3 is 5.97 Å². The smallest absolute Gasteiger partial charge is 0.303 e. The minimum Gasteiger partial charge on any atom is -0.481 e. The first kappa shape index (κ1) is 25.7. The monoisotopic (exact) mass is 372 g/mol. The number of nitrogens with zero attached hydrogens (tertiary/aromatic N) is 2. The van der Waals surface area contributed by atoms with Gasteiger partial charge in [-0.3, -0.25) is 4.79 Å². The molecule has 0 aliphatic heterocycles. The van der Waals surface area contributed by atoms with E-state index in [0.717, 1.165) is 22.5 Å². The van der Waals surface area contributed by atoms with Crippen LogP contribution in [0, 0.1) is 0 Å². The first-order valence-electron chi connectivity index (χ1n) is 8.56. The lowest BCUT2D eigenvalue weighted by Gasteiger charge is -2.01. The fraction of sp³-hybridized carbons (Fsp3) is 0.556. The standard InChI is InChI=1S/C13H17N3O3.C3H8.C2H6.H2S/c1-16-11-7-6-9(15-19-2)8-10(11)14-12(16)4-3-5-13(17)18;1-3-2;1-2;/h6-8,15H,3-5H2,1-2H3,(H,17,18);3H2,1-2H3;1-2H3;1H2/p+1. The van der Waals surface area contributed by atoms with Crippen molar-refractivity contribution in [3.63, 3.8) is 0 Å². The number of quaternary nitrogens is 1. The van der Waals surface area contributed by atoms with Gasteiger partial charge in [0.25, 0.3) is 0 Å². The Balaban J connectivity index is 0. The molecule has 0 unspecified atom stereocenters. The summed E-state index contributed by atoms with van der Waals surface area (Å²) in [4.78, 5) is 20.0. The third kappa shape index (κ3) is 8.90. The molecule has 2 aromatic rings. The highest BCUT2D eigenvalue weighted by atomic mass is 32.1. The molecule has 0 aliphatic carbocycles. The first-order valence-corrected chi connectivity index (χ1v) is 8.56. The van der Waals surface area contributed by atoms with Crippen LogP contribution in [0.15, 0.2) is 18.2 Å². The number of carboxylic acid groups (broad SMARTS) is 1. The Morgan fingerprint density at radius 2 is 1.92 bits per heavy atom. The fourth-order valence-electron chi connectivity index (χ4n) is 2.10. The van der Waals surface area contributed by atoms with E-state index in [2.05, 4.69) is 18.8 Å². The molecule has 7 heteroatoms. The molecule has 0 spiro atoms. The van der Waals surface area contributed by atoms with Gasteiger partial charge in [0.05, 0.1) is 18.1 Å². The molecule has 2 rings (SSSR count). The van der Waals surface area contributed by atoms with Gasteiger partial charge in [-0.2, -0.15) is 19.0 Å². The molecule has 0 saturated carbocycles. The molecular formula is C18H34N3O3S+. The quantitative estimate of drug-likeness (QED) is 0.602. The van der Waals surface area contributed by atoms with Crippen molar-refractivity contribution in [2.45, 2.75) is 53.4 Å². The molecule has 3 N–H and O–H groups in total. The molecule has 144 valence electrons. The Kier molecular flexibility index (Phi) is 15.1. The van der Waals surface area contributed by atoms with Crippen LogP contribution >= 0.6 is 13.5 Å². The molecule has 0 saturated heterocycles. The number of nitrogens with two attached hydrogens (primary N) is 1. The number of fused-ring (bicyclic) bond motifs is 1. The number of aromatic nitrogens is 2. The maximum atomic E-state index is 10.5. The second-order valence-electron chi connectivity index (χ2n) is 5.14. The third-order valence-corrected chi connectivity index (χ3v) is 3.04. The lowest BCUT2D eigenvalue weighted by atomic mass is 10.2. The summed E-state index contributed by atoms with van der Waals surface area (Å²) in [5.74, 6) is 0.140. The maximum Gasteiger partial charge on any atom is 0.303 e. The van der Waals surface area contributed by atoms with Crippen molar-refractivity contribution in [2.24, 2.45) is 7.05 Å². The molecule has 0 atom stereocenters. The van der Waals surface area contributed by atoms with E-state index < -0.39 is 5.97 Å². The predicted octanol–water partition coefficient (Wildman–Crippen LogP) is 3.29. The van der Waals surface area contributed by atoms with Crippen LogP contribution in [0.5, 0.6) is 0 Å². The van der Waals surface area contributed by atoms with E-state index in [1.807, 2.05) is 43.7 Å². The number of benzene rings is 1. The summed E-state index contributed by atoms with van der Waals surface area (Å²) in [5, 5.41) is 8.65. The zero-order chi connectivity index (χ0) is 18.5. The zero-order valence-electron chi connectivity index (χ0n) is 16.3. The highest BCUT2D eigenvalue weighted by molar-refractivity contribution is 7.59. The summed E-state index contributed by atoms with van der Waals surface area (Å²) in [5.41, 5.74) is 4.57. The van der Waals surface area contributed by atoms with Crippen molar-refractivity contribution >= 4 is 36.2 Å². The molecule has 1 heterocycles. The number of aryl methyl sites for hydroxylation is 2. The molecule has 0 amide bonds. The minimum absolute atomic E-state index is 0. The van der Waals surface area contributed by atoms with Crippen LogP contribution in [0.2, 0.25) is 0 Å². The van der Waals surface area contributed by atoms with Crippen molar-refractivity contribution in [2.75, 3.05) is 7.11 Å². The van der Waals surface area contributed by atoms with Crippen LogP contribution < -0.4 is 5.48 Å². The SMILES string of the molecule is CC.CCC.CO[NH2+]c1ccc2c(c1)nc(CCCC(=O)O)n2C.S. The maximum absolute atomic E-state index is 10.5. The molecule has 25 heavy (non-hydrogen) atoms. The van der Waals surface area contributed by atoms with E-state index in [-0.39, 0.29) is 19.9 Å². The summed E-state index contributed by atoms with van der Waals surface area (Å²) in [6, 6.07) is 5.92. The highest BCUT2D eigenvalue weighted by Gasteiger charge is 2.10. The summed E-state index contributed by atoms with van der Waals surface area (Å²) >= 11 is 0. The Morgan fingerprint density at radius 3 is 2.44 bits per heavy atom. The van der Waals surface area contributed by atoms with Crippen LogP contribution in [0.4, 0.5) is 5.69 Å². The van der Waals surface area contributed by atoms with Crippen LogP contribution in [0.1, 0.15) is 52.8 Å². The average molecular weight is 373 g/mol. The third-order valence-electron chi connectivity index (χ3n) is 3.04. The van der Waals surface area contributed by atoms with Gasteiger partial charge in [0, 0.05) is 32.0 Å². The van der Waals surface area contributed by atoms with E-state index in [0.29, 0.717) is 12.8 Å². The Labute approximate surface area is 158 Å². The Morgan fingerprint density at radius 1 is 1.32 bits per heavy atom. The van der Waals surface area contributed by atoms with Gasteiger partial charge in [0.2, 0.25) is 0 Å². The van der Waals surface area contributed by atoms with Gasteiger partial charge in [0.15, 0.2) is 5.69 Å². The molecular weight excluding hydrogens is 338 g/mol. The van der Waals surface area contributed by atoms with Gasteiger partial charge in [0.1, 0.15) is 5.82 Å². The molecule has 1 aromatic carbocycles. The summed E-state index contributed by atoms with van der Waals surface area (Å²) in [7, 11) is 3.56. The van der Waals surface area contributed by atoms with E-state index in [1.165, 1.54) is 6.42 Å².